The van der Waals surface area contributed by atoms with Gasteiger partial charge in [-0.2, -0.15) is 0 Å². The predicted octanol–water partition coefficient (Wildman–Crippen LogP) is 1.46. The van der Waals surface area contributed by atoms with Crippen LogP contribution in [-0.2, 0) is 9.53 Å². The Morgan fingerprint density at radius 2 is 2.00 bits per heavy atom. The molecular weight excluding hydrogens is 206 g/mol. The molecule has 4 nitrogen and oxygen atoms in total. The predicted molar refractivity (Wildman–Crippen MR) is 62.5 cm³/mol. The van der Waals surface area contributed by atoms with Crippen LogP contribution in [0.25, 0.3) is 0 Å². The van der Waals surface area contributed by atoms with Gasteiger partial charge in [0.05, 0.1) is 5.41 Å². The van der Waals surface area contributed by atoms with E-state index in [0.717, 1.165) is 19.4 Å². The summed E-state index contributed by atoms with van der Waals surface area (Å²) in [6.45, 7) is 4.11. The summed E-state index contributed by atoms with van der Waals surface area (Å²) < 4.78 is 5.30. The van der Waals surface area contributed by atoms with Crippen molar-refractivity contribution in [2.45, 2.75) is 26.2 Å². The highest BCUT2D eigenvalue weighted by Crippen LogP contribution is 2.38. The zero-order valence-corrected chi connectivity index (χ0v) is 10.5. The number of rotatable bonds is 5. The van der Waals surface area contributed by atoms with Gasteiger partial charge in [-0.1, -0.05) is 0 Å². The van der Waals surface area contributed by atoms with Gasteiger partial charge >= 0.3 is 5.97 Å². The first-order valence-electron chi connectivity index (χ1n) is 5.92. The van der Waals surface area contributed by atoms with Crippen molar-refractivity contribution in [1.82, 2.24) is 4.90 Å². The lowest BCUT2D eigenvalue weighted by Crippen LogP contribution is -2.41. The Balaban J connectivity index is 2.66. The average Bonchev–Trinajstić information content (AvgIpc) is 2.26. The van der Waals surface area contributed by atoms with Gasteiger partial charge in [-0.3, -0.25) is 4.79 Å². The summed E-state index contributed by atoms with van der Waals surface area (Å²) in [4.78, 5) is 13.5. The number of ether oxygens (including phenoxy) is 1. The number of carboxylic acids is 1. The molecule has 4 heteroatoms. The largest absolute Gasteiger partial charge is 0.481 e. The highest BCUT2D eigenvalue weighted by molar-refractivity contribution is 5.74. The second kappa shape index (κ2) is 5.64. The molecule has 0 aliphatic carbocycles. The average molecular weight is 229 g/mol. The summed E-state index contributed by atoms with van der Waals surface area (Å²) in [5.74, 6) is -0.417. The normalized spacial score (nSPS) is 22.0. The van der Waals surface area contributed by atoms with Crippen molar-refractivity contribution < 1.29 is 14.6 Å². The van der Waals surface area contributed by atoms with Gasteiger partial charge < -0.3 is 14.7 Å². The van der Waals surface area contributed by atoms with E-state index in [2.05, 4.69) is 0 Å². The Morgan fingerprint density at radius 3 is 2.44 bits per heavy atom. The van der Waals surface area contributed by atoms with E-state index in [4.69, 9.17) is 4.74 Å². The molecule has 0 aromatic heterocycles. The van der Waals surface area contributed by atoms with E-state index in [9.17, 15) is 9.90 Å². The molecule has 94 valence electrons. The molecule has 1 aliphatic heterocycles. The Bertz CT molecular complexity index is 236. The SMILES string of the molecule is CN(C)CCC(C)(C(=O)O)C1CCOCC1. The Labute approximate surface area is 97.6 Å². The first-order chi connectivity index (χ1) is 7.47. The summed E-state index contributed by atoms with van der Waals surface area (Å²) in [7, 11) is 3.96. The molecule has 1 aliphatic rings. The molecule has 1 heterocycles. The number of aliphatic carboxylic acids is 1. The van der Waals surface area contributed by atoms with E-state index < -0.39 is 11.4 Å². The van der Waals surface area contributed by atoms with Crippen LogP contribution in [0.3, 0.4) is 0 Å². The van der Waals surface area contributed by atoms with Crippen LogP contribution in [0.4, 0.5) is 0 Å². The van der Waals surface area contributed by atoms with Gasteiger partial charge in [-0.15, -0.1) is 0 Å². The molecule has 0 bridgehead atoms. The van der Waals surface area contributed by atoms with E-state index in [0.29, 0.717) is 19.6 Å². The molecule has 0 amide bonds. The van der Waals surface area contributed by atoms with Crippen molar-refractivity contribution >= 4 is 5.97 Å². The van der Waals surface area contributed by atoms with E-state index in [1.807, 2.05) is 25.9 Å². The molecule has 1 rings (SSSR count). The van der Waals surface area contributed by atoms with Crippen molar-refractivity contribution in [3.63, 3.8) is 0 Å². The molecule has 0 radical (unpaired) electrons. The summed E-state index contributed by atoms with van der Waals surface area (Å²) in [5, 5.41) is 9.44. The van der Waals surface area contributed by atoms with Crippen LogP contribution in [0.2, 0.25) is 0 Å². The van der Waals surface area contributed by atoms with Crippen LogP contribution in [-0.4, -0.2) is 49.8 Å². The summed E-state index contributed by atoms with van der Waals surface area (Å²) in [6.07, 6.45) is 2.45. The van der Waals surface area contributed by atoms with E-state index in [-0.39, 0.29) is 5.92 Å². The van der Waals surface area contributed by atoms with Crippen molar-refractivity contribution in [2.75, 3.05) is 33.9 Å². The lowest BCUT2D eigenvalue weighted by atomic mass is 9.71. The molecule has 1 N–H and O–H groups in total. The van der Waals surface area contributed by atoms with Crippen LogP contribution in [0, 0.1) is 11.3 Å². The Morgan fingerprint density at radius 1 is 1.44 bits per heavy atom. The fourth-order valence-corrected chi connectivity index (χ4v) is 2.28. The first-order valence-corrected chi connectivity index (χ1v) is 5.92. The van der Waals surface area contributed by atoms with Gasteiger partial charge in [0.25, 0.3) is 0 Å². The van der Waals surface area contributed by atoms with Crippen molar-refractivity contribution in [1.29, 1.82) is 0 Å². The van der Waals surface area contributed by atoms with Crippen molar-refractivity contribution in [3.8, 4) is 0 Å². The number of carbonyl (C=O) groups is 1. The van der Waals surface area contributed by atoms with Gasteiger partial charge in [0.2, 0.25) is 0 Å². The van der Waals surface area contributed by atoms with Crippen LogP contribution >= 0.6 is 0 Å². The van der Waals surface area contributed by atoms with Crippen molar-refractivity contribution in [3.05, 3.63) is 0 Å². The fourth-order valence-electron chi connectivity index (χ4n) is 2.28. The second-order valence-electron chi connectivity index (χ2n) is 5.16. The summed E-state index contributed by atoms with van der Waals surface area (Å²) in [6, 6.07) is 0. The maximum atomic E-state index is 11.5. The van der Waals surface area contributed by atoms with Gasteiger partial charge in [0, 0.05) is 13.2 Å². The monoisotopic (exact) mass is 229 g/mol. The highest BCUT2D eigenvalue weighted by Gasteiger charge is 2.41. The molecule has 0 aromatic carbocycles. The third kappa shape index (κ3) is 3.19. The minimum Gasteiger partial charge on any atom is -0.481 e. The number of nitrogens with zero attached hydrogens (tertiary/aromatic N) is 1. The van der Waals surface area contributed by atoms with Crippen LogP contribution < -0.4 is 0 Å². The van der Waals surface area contributed by atoms with Gasteiger partial charge in [-0.25, -0.2) is 0 Å². The quantitative estimate of drug-likeness (QED) is 0.775. The topological polar surface area (TPSA) is 49.8 Å². The molecule has 0 aromatic rings. The third-order valence-corrected chi connectivity index (χ3v) is 3.69. The molecular formula is C12H23NO3. The van der Waals surface area contributed by atoms with E-state index in [1.165, 1.54) is 0 Å². The van der Waals surface area contributed by atoms with Crippen LogP contribution in [0.5, 0.6) is 0 Å². The molecule has 1 saturated heterocycles. The highest BCUT2D eigenvalue weighted by atomic mass is 16.5. The Hall–Kier alpha value is -0.610. The minimum absolute atomic E-state index is 0.249. The number of carboxylic acid groups (broad SMARTS) is 1. The lowest BCUT2D eigenvalue weighted by Gasteiger charge is -2.37. The minimum atomic E-state index is -0.666. The molecule has 1 atom stereocenters. The second-order valence-corrected chi connectivity index (χ2v) is 5.16. The van der Waals surface area contributed by atoms with Crippen LogP contribution in [0.1, 0.15) is 26.2 Å². The summed E-state index contributed by atoms with van der Waals surface area (Å²) in [5.41, 5.74) is -0.603. The fraction of sp³-hybridized carbons (Fsp3) is 0.917. The first kappa shape index (κ1) is 13.5. The molecule has 0 saturated carbocycles. The van der Waals surface area contributed by atoms with Gasteiger partial charge in [-0.05, 0) is 52.7 Å². The molecule has 1 fully saturated rings. The zero-order valence-electron chi connectivity index (χ0n) is 10.5. The van der Waals surface area contributed by atoms with E-state index in [1.54, 1.807) is 0 Å². The Kier molecular flexibility index (Phi) is 4.74. The number of hydrogen-bond acceptors (Lipinski definition) is 3. The van der Waals surface area contributed by atoms with Crippen molar-refractivity contribution in [2.24, 2.45) is 11.3 Å². The molecule has 1 unspecified atom stereocenters. The van der Waals surface area contributed by atoms with Crippen LogP contribution in [0.15, 0.2) is 0 Å². The third-order valence-electron chi connectivity index (χ3n) is 3.69. The smallest absolute Gasteiger partial charge is 0.309 e. The maximum absolute atomic E-state index is 11.5. The van der Waals surface area contributed by atoms with E-state index >= 15 is 0 Å². The molecule has 0 spiro atoms. The zero-order chi connectivity index (χ0) is 12.2. The standard InChI is InChI=1S/C12H23NO3/c1-12(11(14)15,6-7-13(2)3)10-4-8-16-9-5-10/h10H,4-9H2,1-3H3,(H,14,15). The lowest BCUT2D eigenvalue weighted by molar-refractivity contribution is -0.154. The molecule has 16 heavy (non-hydrogen) atoms. The van der Waals surface area contributed by atoms with Gasteiger partial charge in [0.15, 0.2) is 0 Å². The number of hydrogen-bond donors (Lipinski definition) is 1. The van der Waals surface area contributed by atoms with Gasteiger partial charge in [0.1, 0.15) is 0 Å². The summed E-state index contributed by atoms with van der Waals surface area (Å²) >= 11 is 0. The maximum Gasteiger partial charge on any atom is 0.309 e.